The van der Waals surface area contributed by atoms with Crippen molar-refractivity contribution in [3.8, 4) is 0 Å². The standard InChI is InChI=1S/C37H49NO2/c1-22-14-17-37(32(39)40)19-18-35(6)26(30(37)23(22)2)12-13-29-34(5)21-25-20-24-10-8-9-11-27(24)38-31(25)33(3,4)28(34)15-16-36(29,35)7/h8-12,20,22-23,28-30H,13-19,21H2,1-7H3,(H,39,40)/t22-,23+,28+,29-,30+,34+,35-,36-,37+/m1/s1. The second-order valence-corrected chi connectivity index (χ2v) is 16.2. The average molecular weight is 540 g/mol. The first-order valence-electron chi connectivity index (χ1n) is 16.1. The van der Waals surface area contributed by atoms with Crippen LogP contribution in [0.3, 0.4) is 0 Å². The molecule has 0 saturated heterocycles. The summed E-state index contributed by atoms with van der Waals surface area (Å²) in [4.78, 5) is 18.3. The third-order valence-corrected chi connectivity index (χ3v) is 14.5. The summed E-state index contributed by atoms with van der Waals surface area (Å²) in [5.74, 6) is 1.82. The van der Waals surface area contributed by atoms with E-state index in [1.807, 2.05) is 0 Å². The van der Waals surface area contributed by atoms with Crippen molar-refractivity contribution in [2.45, 2.75) is 105 Å². The molecule has 0 radical (unpaired) electrons. The molecule has 1 aromatic carbocycles. The van der Waals surface area contributed by atoms with E-state index in [-0.39, 0.29) is 27.6 Å². The van der Waals surface area contributed by atoms with Gasteiger partial charge in [-0.15, -0.1) is 0 Å². The third kappa shape index (κ3) is 3.08. The van der Waals surface area contributed by atoms with Gasteiger partial charge in [0, 0.05) is 10.8 Å². The number of carbonyl (C=O) groups is 1. The Kier molecular flexibility index (Phi) is 5.50. The zero-order valence-corrected chi connectivity index (χ0v) is 25.8. The average Bonchev–Trinajstić information content (AvgIpc) is 2.90. The zero-order chi connectivity index (χ0) is 28.5. The second kappa shape index (κ2) is 8.23. The maximum atomic E-state index is 13.0. The normalized spacial score (nSPS) is 45.3. The molecule has 214 valence electrons. The van der Waals surface area contributed by atoms with Crippen LogP contribution in [0.5, 0.6) is 0 Å². The molecule has 0 spiro atoms. The van der Waals surface area contributed by atoms with E-state index >= 15 is 0 Å². The summed E-state index contributed by atoms with van der Waals surface area (Å²) >= 11 is 0. The first kappa shape index (κ1) is 26.7. The Morgan fingerprint density at radius 2 is 1.70 bits per heavy atom. The summed E-state index contributed by atoms with van der Waals surface area (Å²) in [5.41, 5.74) is 5.30. The van der Waals surface area contributed by atoms with Crippen LogP contribution in [0.4, 0.5) is 0 Å². The Hall–Kier alpha value is -2.16. The van der Waals surface area contributed by atoms with Crippen molar-refractivity contribution in [1.82, 2.24) is 4.98 Å². The van der Waals surface area contributed by atoms with Crippen LogP contribution in [0.2, 0.25) is 0 Å². The second-order valence-electron chi connectivity index (χ2n) is 16.2. The minimum atomic E-state index is -0.569. The Bertz CT molecular complexity index is 1440. The van der Waals surface area contributed by atoms with Crippen molar-refractivity contribution in [3.63, 3.8) is 0 Å². The molecular formula is C37H49NO2. The first-order chi connectivity index (χ1) is 18.8. The van der Waals surface area contributed by atoms with Crippen molar-refractivity contribution in [3.05, 3.63) is 53.2 Å². The van der Waals surface area contributed by atoms with Gasteiger partial charge in [0.05, 0.1) is 16.6 Å². The number of hydrogen-bond acceptors (Lipinski definition) is 2. The van der Waals surface area contributed by atoms with Gasteiger partial charge in [-0.25, -0.2) is 0 Å². The molecule has 0 aliphatic heterocycles. The summed E-state index contributed by atoms with van der Waals surface area (Å²) in [6.07, 6.45) is 11.0. The largest absolute Gasteiger partial charge is 0.481 e. The molecule has 1 N–H and O–H groups in total. The number of nitrogens with zero attached hydrogens (tertiary/aromatic N) is 1. The molecule has 9 atom stereocenters. The predicted octanol–water partition coefficient (Wildman–Crippen LogP) is 8.99. The van der Waals surface area contributed by atoms with Crippen LogP contribution in [-0.2, 0) is 16.6 Å². The highest BCUT2D eigenvalue weighted by atomic mass is 16.4. The van der Waals surface area contributed by atoms with Crippen LogP contribution in [0.15, 0.2) is 42.0 Å². The van der Waals surface area contributed by atoms with Crippen LogP contribution >= 0.6 is 0 Å². The van der Waals surface area contributed by atoms with Gasteiger partial charge in [0.1, 0.15) is 0 Å². The number of aromatic nitrogens is 1. The van der Waals surface area contributed by atoms with Crippen molar-refractivity contribution in [2.75, 3.05) is 0 Å². The summed E-state index contributed by atoms with van der Waals surface area (Å²) in [5, 5.41) is 11.9. The van der Waals surface area contributed by atoms with Gasteiger partial charge >= 0.3 is 5.97 Å². The van der Waals surface area contributed by atoms with E-state index in [0.717, 1.165) is 44.0 Å². The van der Waals surface area contributed by atoms with Gasteiger partial charge < -0.3 is 5.11 Å². The highest BCUT2D eigenvalue weighted by Gasteiger charge is 2.69. The van der Waals surface area contributed by atoms with Crippen LogP contribution < -0.4 is 0 Å². The van der Waals surface area contributed by atoms with Crippen LogP contribution in [-0.4, -0.2) is 16.1 Å². The van der Waals surface area contributed by atoms with E-state index in [0.29, 0.717) is 23.7 Å². The van der Waals surface area contributed by atoms with Gasteiger partial charge in [-0.3, -0.25) is 9.78 Å². The molecule has 3 heteroatoms. The molecule has 5 aliphatic rings. The predicted molar refractivity (Wildman–Crippen MR) is 162 cm³/mol. The number of carboxylic acid groups (broad SMARTS) is 1. The number of hydrogen-bond donors (Lipinski definition) is 1. The highest BCUT2D eigenvalue weighted by molar-refractivity contribution is 5.80. The molecule has 7 rings (SSSR count). The fourth-order valence-corrected chi connectivity index (χ4v) is 12.1. The highest BCUT2D eigenvalue weighted by Crippen LogP contribution is 2.75. The molecule has 40 heavy (non-hydrogen) atoms. The zero-order valence-electron chi connectivity index (χ0n) is 25.8. The minimum Gasteiger partial charge on any atom is -0.481 e. The number of fused-ring (bicyclic) bond motifs is 9. The molecule has 5 aliphatic carbocycles. The lowest BCUT2D eigenvalue weighted by Crippen LogP contribution is -2.65. The number of carboxylic acids is 1. The Balaban J connectivity index is 1.36. The van der Waals surface area contributed by atoms with Crippen LogP contribution in [0.1, 0.15) is 105 Å². The van der Waals surface area contributed by atoms with Crippen molar-refractivity contribution in [2.24, 2.45) is 51.2 Å². The maximum Gasteiger partial charge on any atom is 0.310 e. The monoisotopic (exact) mass is 539 g/mol. The number of rotatable bonds is 1. The third-order valence-electron chi connectivity index (χ3n) is 14.5. The van der Waals surface area contributed by atoms with E-state index in [1.54, 1.807) is 0 Å². The van der Waals surface area contributed by atoms with Crippen molar-refractivity contribution < 1.29 is 9.90 Å². The lowest BCUT2D eigenvalue weighted by atomic mass is 9.33. The van der Waals surface area contributed by atoms with Crippen molar-refractivity contribution >= 4 is 16.9 Å². The van der Waals surface area contributed by atoms with E-state index in [2.05, 4.69) is 84.9 Å². The molecular weight excluding hydrogens is 490 g/mol. The lowest BCUT2D eigenvalue weighted by molar-refractivity contribution is -0.179. The molecule has 3 saturated carbocycles. The van der Waals surface area contributed by atoms with E-state index < -0.39 is 11.4 Å². The summed E-state index contributed by atoms with van der Waals surface area (Å²) < 4.78 is 0. The Morgan fingerprint density at radius 3 is 2.45 bits per heavy atom. The van der Waals surface area contributed by atoms with Gasteiger partial charge in [0.25, 0.3) is 0 Å². The van der Waals surface area contributed by atoms with E-state index in [9.17, 15) is 9.90 Å². The summed E-state index contributed by atoms with van der Waals surface area (Å²) in [7, 11) is 0. The molecule has 3 nitrogen and oxygen atoms in total. The fraction of sp³-hybridized carbons (Fsp3) is 0.676. The molecule has 0 unspecified atom stereocenters. The Morgan fingerprint density at radius 1 is 0.950 bits per heavy atom. The fourth-order valence-electron chi connectivity index (χ4n) is 12.1. The lowest BCUT2D eigenvalue weighted by Gasteiger charge is -2.70. The number of para-hydroxylation sites is 1. The topological polar surface area (TPSA) is 50.2 Å². The maximum absolute atomic E-state index is 13.0. The van der Waals surface area contributed by atoms with Gasteiger partial charge in [-0.2, -0.15) is 0 Å². The first-order valence-corrected chi connectivity index (χ1v) is 16.1. The Labute approximate surface area is 241 Å². The number of pyridine rings is 1. The smallest absolute Gasteiger partial charge is 0.310 e. The molecule has 0 bridgehead atoms. The quantitative estimate of drug-likeness (QED) is 0.368. The summed E-state index contributed by atoms with van der Waals surface area (Å²) in [6.45, 7) is 17.5. The molecule has 1 aromatic heterocycles. The SMILES string of the molecule is C[C@H]1[C@H](C)CC[C@]2(C(=O)O)CC[C@]3(C)C(=CC[C@@H]4[C@@]5(C)Cc6cc7ccccc7nc6C(C)(C)[C@@H]5CC[C@]43C)[C@H]12. The van der Waals surface area contributed by atoms with E-state index in [1.165, 1.54) is 35.1 Å². The molecule has 1 heterocycles. The number of aliphatic carboxylic acids is 1. The van der Waals surface area contributed by atoms with Gasteiger partial charge in [0.15, 0.2) is 0 Å². The number of allylic oxidation sites excluding steroid dienone is 2. The van der Waals surface area contributed by atoms with Crippen molar-refractivity contribution in [1.29, 1.82) is 0 Å². The molecule has 0 amide bonds. The van der Waals surface area contributed by atoms with E-state index in [4.69, 9.17) is 4.98 Å². The number of benzene rings is 1. The minimum absolute atomic E-state index is 0.0247. The van der Waals surface area contributed by atoms with Gasteiger partial charge in [-0.05, 0) is 115 Å². The molecule has 3 fully saturated rings. The van der Waals surface area contributed by atoms with Crippen LogP contribution in [0, 0.1) is 51.2 Å². The van der Waals surface area contributed by atoms with Crippen LogP contribution in [0.25, 0.3) is 10.9 Å². The summed E-state index contributed by atoms with van der Waals surface area (Å²) in [6, 6.07) is 11.1. The van der Waals surface area contributed by atoms with Gasteiger partial charge in [-0.1, -0.05) is 78.3 Å². The molecule has 2 aromatic rings. The van der Waals surface area contributed by atoms with Gasteiger partial charge in [0.2, 0.25) is 0 Å².